The van der Waals surface area contributed by atoms with Gasteiger partial charge < -0.3 is 24.3 Å². The zero-order chi connectivity index (χ0) is 23.7. The molecular weight excluding hydrogens is 446 g/mol. The third-order valence-corrected chi connectivity index (χ3v) is 5.52. The summed E-state index contributed by atoms with van der Waals surface area (Å²) in [5.74, 6) is -1.09. The first-order valence-corrected chi connectivity index (χ1v) is 10.7. The number of aliphatic hydroxyl groups excluding tert-OH is 1. The van der Waals surface area contributed by atoms with Crippen LogP contribution in [0.15, 0.2) is 70.9 Å². The van der Waals surface area contributed by atoms with Crippen molar-refractivity contribution < 1.29 is 29.0 Å². The van der Waals surface area contributed by atoms with Crippen LogP contribution in [0.25, 0.3) is 5.76 Å². The number of phenolic OH excluding ortho intramolecular Hbond substituents is 1. The Hall–Kier alpha value is -3.71. The number of hydrogen-bond acceptors (Lipinski definition) is 6. The smallest absolute Gasteiger partial charge is 0.296 e. The van der Waals surface area contributed by atoms with Crippen LogP contribution in [0.3, 0.4) is 0 Å². The average molecular weight is 468 g/mol. The van der Waals surface area contributed by atoms with Gasteiger partial charge in [-0.2, -0.15) is 0 Å². The molecule has 1 unspecified atom stereocenters. The van der Waals surface area contributed by atoms with Gasteiger partial charge in [-0.3, -0.25) is 9.59 Å². The van der Waals surface area contributed by atoms with Gasteiger partial charge in [-0.25, -0.2) is 0 Å². The standard InChI is InChI=1S/C25H22ClNO6/c1-14(2)33-17-6-3-5-16(11-17)23(29)21-22(15-8-9-20(28)19(26)12-15)27(25(31)24(21)30)13-18-7-4-10-32-18/h3-12,14,22,28-29H,13H2,1-2H3/b23-21-. The highest BCUT2D eigenvalue weighted by Crippen LogP contribution is 2.42. The first kappa shape index (κ1) is 22.5. The number of nitrogens with zero attached hydrogens (tertiary/aromatic N) is 1. The van der Waals surface area contributed by atoms with Crippen LogP contribution >= 0.6 is 11.6 Å². The molecule has 170 valence electrons. The van der Waals surface area contributed by atoms with Crippen molar-refractivity contribution in [2.45, 2.75) is 32.5 Å². The van der Waals surface area contributed by atoms with E-state index >= 15 is 0 Å². The highest BCUT2D eigenvalue weighted by molar-refractivity contribution is 6.46. The fourth-order valence-corrected chi connectivity index (χ4v) is 3.99. The summed E-state index contributed by atoms with van der Waals surface area (Å²) in [6, 6.07) is 13.5. The molecule has 8 heteroatoms. The molecule has 2 heterocycles. The zero-order valence-corrected chi connectivity index (χ0v) is 18.7. The predicted molar refractivity (Wildman–Crippen MR) is 122 cm³/mol. The van der Waals surface area contributed by atoms with E-state index in [1.54, 1.807) is 42.5 Å². The van der Waals surface area contributed by atoms with Gasteiger partial charge in [-0.05, 0) is 55.8 Å². The van der Waals surface area contributed by atoms with Gasteiger partial charge in [0.05, 0.1) is 35.5 Å². The Labute approximate surface area is 195 Å². The van der Waals surface area contributed by atoms with Gasteiger partial charge in [0.15, 0.2) is 0 Å². The molecular formula is C25H22ClNO6. The summed E-state index contributed by atoms with van der Waals surface area (Å²) in [5.41, 5.74) is 0.703. The molecule has 33 heavy (non-hydrogen) atoms. The van der Waals surface area contributed by atoms with Crippen LogP contribution in [-0.4, -0.2) is 32.9 Å². The molecule has 0 radical (unpaired) electrons. The van der Waals surface area contributed by atoms with E-state index in [9.17, 15) is 19.8 Å². The Bertz CT molecular complexity index is 1230. The van der Waals surface area contributed by atoms with Crippen LogP contribution in [0.1, 0.15) is 36.8 Å². The Balaban J connectivity index is 1.86. The number of hydrogen-bond donors (Lipinski definition) is 2. The maximum absolute atomic E-state index is 13.1. The van der Waals surface area contributed by atoms with Gasteiger partial charge in [0.1, 0.15) is 23.0 Å². The van der Waals surface area contributed by atoms with E-state index in [2.05, 4.69) is 0 Å². The molecule has 3 aromatic rings. The topological polar surface area (TPSA) is 100 Å². The van der Waals surface area contributed by atoms with Gasteiger partial charge in [0, 0.05) is 5.56 Å². The number of phenols is 1. The summed E-state index contributed by atoms with van der Waals surface area (Å²) in [5, 5.41) is 21.1. The molecule has 2 aromatic carbocycles. The summed E-state index contributed by atoms with van der Waals surface area (Å²) >= 11 is 6.12. The SMILES string of the molecule is CC(C)Oc1cccc(/C(O)=C2/C(=O)C(=O)N(Cc3ccco3)C2c2ccc(O)c(Cl)c2)c1. The van der Waals surface area contributed by atoms with E-state index in [0.717, 1.165) is 0 Å². The summed E-state index contributed by atoms with van der Waals surface area (Å²) < 4.78 is 11.1. The molecule has 1 atom stereocenters. The number of aromatic hydroxyl groups is 1. The molecule has 0 bridgehead atoms. The minimum atomic E-state index is -0.942. The first-order valence-electron chi connectivity index (χ1n) is 10.3. The number of ketones is 1. The van der Waals surface area contributed by atoms with Crippen molar-refractivity contribution in [2.24, 2.45) is 0 Å². The minimum absolute atomic E-state index is 0.00795. The predicted octanol–water partition coefficient (Wildman–Crippen LogP) is 5.05. The third-order valence-electron chi connectivity index (χ3n) is 5.21. The molecule has 1 saturated heterocycles. The second-order valence-electron chi connectivity index (χ2n) is 7.91. The number of rotatable bonds is 6. The van der Waals surface area contributed by atoms with Crippen LogP contribution in [0.4, 0.5) is 0 Å². The molecule has 7 nitrogen and oxygen atoms in total. The first-order chi connectivity index (χ1) is 15.8. The number of Topliss-reactive ketones (excluding diaryl/α,β-unsaturated/α-hetero) is 1. The molecule has 2 N–H and O–H groups in total. The number of halogens is 1. The number of benzene rings is 2. The van der Waals surface area contributed by atoms with Gasteiger partial charge in [0.2, 0.25) is 0 Å². The summed E-state index contributed by atoms with van der Waals surface area (Å²) in [6.45, 7) is 3.76. The molecule has 0 aliphatic carbocycles. The van der Waals surface area contributed by atoms with Crippen LogP contribution in [0, 0.1) is 0 Å². The lowest BCUT2D eigenvalue weighted by Crippen LogP contribution is -2.29. The van der Waals surface area contributed by atoms with E-state index in [-0.39, 0.29) is 34.8 Å². The summed E-state index contributed by atoms with van der Waals surface area (Å²) in [4.78, 5) is 27.4. The Kier molecular flexibility index (Phi) is 6.16. The highest BCUT2D eigenvalue weighted by atomic mass is 35.5. The highest BCUT2D eigenvalue weighted by Gasteiger charge is 2.46. The van der Waals surface area contributed by atoms with E-state index in [1.165, 1.54) is 23.3 Å². The molecule has 0 saturated carbocycles. The lowest BCUT2D eigenvalue weighted by Gasteiger charge is -2.24. The summed E-state index contributed by atoms with van der Waals surface area (Å²) in [7, 11) is 0. The fraction of sp³-hybridized carbons (Fsp3) is 0.200. The number of likely N-dealkylation sites (tertiary alicyclic amines) is 1. The third kappa shape index (κ3) is 4.45. The van der Waals surface area contributed by atoms with Gasteiger partial charge >= 0.3 is 0 Å². The Morgan fingerprint density at radius 1 is 1.15 bits per heavy atom. The maximum Gasteiger partial charge on any atom is 0.296 e. The molecule has 1 aromatic heterocycles. The van der Waals surface area contributed by atoms with Crippen molar-refractivity contribution >= 4 is 29.1 Å². The quantitative estimate of drug-likeness (QED) is 0.299. The Morgan fingerprint density at radius 3 is 2.61 bits per heavy atom. The van der Waals surface area contributed by atoms with Gasteiger partial charge in [0.25, 0.3) is 11.7 Å². The fourth-order valence-electron chi connectivity index (χ4n) is 3.80. The number of furan rings is 1. The number of aliphatic hydroxyl groups is 1. The largest absolute Gasteiger partial charge is 0.507 e. The number of ether oxygens (including phenoxy) is 1. The minimum Gasteiger partial charge on any atom is -0.507 e. The number of carbonyl (C=O) groups excluding carboxylic acids is 2. The lowest BCUT2D eigenvalue weighted by atomic mass is 9.95. The van der Waals surface area contributed by atoms with Crippen molar-refractivity contribution in [3.05, 3.63) is 88.3 Å². The van der Waals surface area contributed by atoms with E-state index in [4.69, 9.17) is 20.8 Å². The molecule has 0 spiro atoms. The van der Waals surface area contributed by atoms with Gasteiger partial charge in [-0.15, -0.1) is 0 Å². The molecule has 1 fully saturated rings. The maximum atomic E-state index is 13.1. The van der Waals surface area contributed by atoms with Crippen molar-refractivity contribution in [3.63, 3.8) is 0 Å². The van der Waals surface area contributed by atoms with Crippen molar-refractivity contribution in [1.29, 1.82) is 0 Å². The molecule has 1 aliphatic heterocycles. The number of amides is 1. The molecule has 1 amide bonds. The second-order valence-corrected chi connectivity index (χ2v) is 8.32. The lowest BCUT2D eigenvalue weighted by molar-refractivity contribution is -0.140. The average Bonchev–Trinajstić information content (AvgIpc) is 3.37. The molecule has 4 rings (SSSR count). The van der Waals surface area contributed by atoms with Crippen molar-refractivity contribution in [1.82, 2.24) is 4.90 Å². The van der Waals surface area contributed by atoms with Crippen LogP contribution in [0.5, 0.6) is 11.5 Å². The van der Waals surface area contributed by atoms with Crippen molar-refractivity contribution in [2.75, 3.05) is 0 Å². The molecule has 1 aliphatic rings. The Morgan fingerprint density at radius 2 is 1.94 bits per heavy atom. The van der Waals surface area contributed by atoms with E-state index in [0.29, 0.717) is 22.6 Å². The monoisotopic (exact) mass is 467 g/mol. The van der Waals surface area contributed by atoms with Crippen LogP contribution < -0.4 is 4.74 Å². The van der Waals surface area contributed by atoms with E-state index < -0.39 is 17.7 Å². The zero-order valence-electron chi connectivity index (χ0n) is 18.0. The normalized spacial score (nSPS) is 17.7. The van der Waals surface area contributed by atoms with Crippen molar-refractivity contribution in [3.8, 4) is 11.5 Å². The number of carbonyl (C=O) groups is 2. The second kappa shape index (κ2) is 9.03. The van der Waals surface area contributed by atoms with E-state index in [1.807, 2.05) is 13.8 Å². The van der Waals surface area contributed by atoms with Crippen LogP contribution in [-0.2, 0) is 16.1 Å². The van der Waals surface area contributed by atoms with Crippen LogP contribution in [0.2, 0.25) is 5.02 Å². The summed E-state index contributed by atoms with van der Waals surface area (Å²) in [6.07, 6.45) is 1.39. The van der Waals surface area contributed by atoms with Gasteiger partial charge in [-0.1, -0.05) is 29.8 Å².